The number of hydrogen-bond acceptors (Lipinski definition) is 6. The Bertz CT molecular complexity index is 613. The molecule has 0 aliphatic rings. The number of phenols is 6. The van der Waals surface area contributed by atoms with E-state index in [4.69, 9.17) is 17.9 Å². The van der Waals surface area contributed by atoms with Gasteiger partial charge in [0.1, 0.15) is 0 Å². The van der Waals surface area contributed by atoms with Crippen molar-refractivity contribution in [3.63, 3.8) is 0 Å². The normalized spacial score (nSPS) is 12.3. The van der Waals surface area contributed by atoms with Crippen LogP contribution < -0.4 is 7.22 Å². The summed E-state index contributed by atoms with van der Waals surface area (Å²) in [5.74, 6) is -3.82. The van der Waals surface area contributed by atoms with Crippen molar-refractivity contribution in [3.05, 3.63) is 24.3 Å². The summed E-state index contributed by atoms with van der Waals surface area (Å²) in [5, 5.41) is 56.7. The first-order valence-corrected chi connectivity index (χ1v) is 13.6. The zero-order chi connectivity index (χ0) is 15.9. The SMILES string of the molecule is Oc1cc([Te](Cl)(Cl)c2cc(O)c(O)c(O)c2)cc(O)c1O. The van der Waals surface area contributed by atoms with Crippen LogP contribution in [0.1, 0.15) is 0 Å². The standard InChI is InChI=1S/C12H10Cl2O6Te/c13-21(14,5-1-7(15)11(19)8(16)2-5)6-3-9(17)12(20)10(18)4-6/h1-4,15-20H. The molecule has 0 spiro atoms. The van der Waals surface area contributed by atoms with Gasteiger partial charge in [-0.15, -0.1) is 0 Å². The van der Waals surface area contributed by atoms with Crippen LogP contribution >= 0.6 is 17.9 Å². The van der Waals surface area contributed by atoms with Crippen molar-refractivity contribution in [1.82, 2.24) is 0 Å². The molecule has 0 atom stereocenters. The molecule has 0 unspecified atom stereocenters. The second kappa shape index (κ2) is 5.43. The van der Waals surface area contributed by atoms with Crippen LogP contribution in [0.15, 0.2) is 24.3 Å². The van der Waals surface area contributed by atoms with Crippen LogP contribution in [-0.2, 0) is 0 Å². The number of phenolic OH excluding ortho intramolecular Hbond substituents is 6. The molecule has 0 fully saturated rings. The third-order valence-corrected chi connectivity index (χ3v) is 12.2. The van der Waals surface area contributed by atoms with Crippen LogP contribution in [-0.4, -0.2) is 46.6 Å². The molecule has 0 aliphatic heterocycles. The number of benzene rings is 2. The Morgan fingerprint density at radius 2 is 0.810 bits per heavy atom. The van der Waals surface area contributed by atoms with E-state index in [9.17, 15) is 30.6 Å². The number of hydrogen-bond donors (Lipinski definition) is 6. The molecule has 0 aromatic heterocycles. The second-order valence-electron chi connectivity index (χ2n) is 4.09. The third kappa shape index (κ3) is 2.83. The average molecular weight is 449 g/mol. The molecule has 6 nitrogen and oxygen atoms in total. The molecule has 21 heavy (non-hydrogen) atoms. The van der Waals surface area contributed by atoms with Gasteiger partial charge < -0.3 is 0 Å². The number of aromatic hydroxyl groups is 6. The molecular weight excluding hydrogens is 439 g/mol. The zero-order valence-corrected chi connectivity index (χ0v) is 14.0. The Morgan fingerprint density at radius 1 is 0.571 bits per heavy atom. The van der Waals surface area contributed by atoms with Gasteiger partial charge in [0.15, 0.2) is 0 Å². The maximum atomic E-state index is 9.51. The minimum absolute atomic E-state index is 0.165. The molecule has 2 aromatic carbocycles. The Morgan fingerprint density at radius 3 is 1.05 bits per heavy atom. The Labute approximate surface area is 130 Å². The predicted molar refractivity (Wildman–Crippen MR) is 79.6 cm³/mol. The van der Waals surface area contributed by atoms with Gasteiger partial charge in [-0.1, -0.05) is 0 Å². The van der Waals surface area contributed by atoms with Crippen molar-refractivity contribution in [3.8, 4) is 34.5 Å². The van der Waals surface area contributed by atoms with Crippen molar-refractivity contribution in [1.29, 1.82) is 0 Å². The van der Waals surface area contributed by atoms with Gasteiger partial charge in [-0.2, -0.15) is 0 Å². The molecule has 2 aromatic rings. The fourth-order valence-corrected chi connectivity index (χ4v) is 7.72. The summed E-state index contributed by atoms with van der Waals surface area (Å²) in [6, 6.07) is 4.38. The van der Waals surface area contributed by atoms with Gasteiger partial charge in [0, 0.05) is 0 Å². The molecule has 0 aliphatic carbocycles. The van der Waals surface area contributed by atoms with Crippen molar-refractivity contribution >= 4 is 41.1 Å². The van der Waals surface area contributed by atoms with Crippen LogP contribution in [0.4, 0.5) is 0 Å². The summed E-state index contributed by atoms with van der Waals surface area (Å²) in [7, 11) is 12.7. The molecule has 6 N–H and O–H groups in total. The third-order valence-electron chi connectivity index (χ3n) is 2.68. The topological polar surface area (TPSA) is 121 Å². The monoisotopic (exact) mass is 450 g/mol. The first-order chi connectivity index (χ1) is 9.64. The number of halogens is 2. The summed E-state index contributed by atoms with van der Waals surface area (Å²) < 4.78 is 0.330. The summed E-state index contributed by atoms with van der Waals surface area (Å²) in [4.78, 5) is 0. The first-order valence-electron chi connectivity index (χ1n) is 5.37. The van der Waals surface area contributed by atoms with E-state index in [2.05, 4.69) is 0 Å². The molecule has 2 rings (SSSR count). The molecule has 0 bridgehead atoms. The average Bonchev–Trinajstić information content (AvgIpc) is 2.40. The number of rotatable bonds is 2. The van der Waals surface area contributed by atoms with Crippen LogP contribution in [0.2, 0.25) is 0 Å². The van der Waals surface area contributed by atoms with Gasteiger partial charge in [-0.3, -0.25) is 0 Å². The summed E-state index contributed by atoms with van der Waals surface area (Å²) >= 11 is -4.16. The summed E-state index contributed by atoms with van der Waals surface area (Å²) in [6.45, 7) is 0. The van der Waals surface area contributed by atoms with E-state index in [-0.39, 0.29) is 7.22 Å². The fraction of sp³-hybridized carbons (Fsp3) is 0. The van der Waals surface area contributed by atoms with E-state index < -0.39 is 50.4 Å². The molecule has 0 heterocycles. The Hall–Kier alpha value is -1.39. The van der Waals surface area contributed by atoms with Gasteiger partial charge in [0.05, 0.1) is 0 Å². The van der Waals surface area contributed by atoms with Crippen molar-refractivity contribution < 1.29 is 30.6 Å². The van der Waals surface area contributed by atoms with Crippen molar-refractivity contribution in [2.24, 2.45) is 0 Å². The van der Waals surface area contributed by atoms with Crippen LogP contribution in [0.25, 0.3) is 0 Å². The van der Waals surface area contributed by atoms with Crippen LogP contribution in [0, 0.1) is 0 Å². The van der Waals surface area contributed by atoms with Crippen LogP contribution in [0.3, 0.4) is 0 Å². The van der Waals surface area contributed by atoms with E-state index in [1.54, 1.807) is 0 Å². The van der Waals surface area contributed by atoms with E-state index in [0.29, 0.717) is 0 Å². The molecular formula is C12H10Cl2O6Te. The molecule has 0 amide bonds. The quantitative estimate of drug-likeness (QED) is 0.301. The summed E-state index contributed by atoms with van der Waals surface area (Å²) in [6.07, 6.45) is 0. The van der Waals surface area contributed by atoms with Gasteiger partial charge >= 0.3 is 130 Å². The molecule has 114 valence electrons. The van der Waals surface area contributed by atoms with E-state index in [0.717, 1.165) is 24.3 Å². The fourth-order valence-electron chi connectivity index (χ4n) is 1.59. The van der Waals surface area contributed by atoms with E-state index >= 15 is 0 Å². The molecule has 0 saturated heterocycles. The molecule has 0 radical (unpaired) electrons. The Balaban J connectivity index is 2.61. The van der Waals surface area contributed by atoms with Gasteiger partial charge in [-0.25, -0.2) is 0 Å². The Kier molecular flexibility index (Phi) is 4.13. The zero-order valence-electron chi connectivity index (χ0n) is 10.2. The second-order valence-corrected chi connectivity index (χ2v) is 16.7. The minimum atomic E-state index is -4.16. The van der Waals surface area contributed by atoms with Crippen molar-refractivity contribution in [2.75, 3.05) is 0 Å². The predicted octanol–water partition coefficient (Wildman–Crippen LogP) is 0.954. The van der Waals surface area contributed by atoms with Crippen LogP contribution in [0.5, 0.6) is 34.5 Å². The maximum absolute atomic E-state index is 9.51. The van der Waals surface area contributed by atoms with E-state index in [1.807, 2.05) is 0 Å². The van der Waals surface area contributed by atoms with Crippen molar-refractivity contribution in [2.45, 2.75) is 0 Å². The summed E-state index contributed by atoms with van der Waals surface area (Å²) in [5.41, 5.74) is 0. The van der Waals surface area contributed by atoms with E-state index in [1.165, 1.54) is 0 Å². The first kappa shape index (κ1) is 16.0. The molecule has 9 heteroatoms. The van der Waals surface area contributed by atoms with Gasteiger partial charge in [-0.05, 0) is 0 Å². The molecule has 0 saturated carbocycles. The van der Waals surface area contributed by atoms with Gasteiger partial charge in [0.2, 0.25) is 0 Å². The van der Waals surface area contributed by atoms with Gasteiger partial charge in [0.25, 0.3) is 0 Å².